The van der Waals surface area contributed by atoms with Gasteiger partial charge in [0, 0.05) is 12.3 Å². The Balaban J connectivity index is 1.66. The van der Waals surface area contributed by atoms with Crippen LogP contribution in [0.4, 0.5) is 17.5 Å². The molecule has 0 aliphatic rings. The predicted molar refractivity (Wildman–Crippen MR) is 119 cm³/mol. The smallest absolute Gasteiger partial charge is 0.260 e. The van der Waals surface area contributed by atoms with Crippen LogP contribution in [0.5, 0.6) is 5.75 Å². The largest absolute Gasteiger partial charge is 0.496 e. The van der Waals surface area contributed by atoms with Crippen molar-refractivity contribution in [1.29, 1.82) is 0 Å². The van der Waals surface area contributed by atoms with Crippen LogP contribution < -0.4 is 15.4 Å². The number of aromatic amines is 1. The number of methoxy groups -OCH3 is 1. The van der Waals surface area contributed by atoms with Crippen LogP contribution in [0.15, 0.2) is 48.7 Å². The van der Waals surface area contributed by atoms with E-state index in [1.165, 1.54) is 7.11 Å². The molecule has 0 saturated carbocycles. The number of hydrogen-bond acceptors (Lipinski definition) is 5. The third kappa shape index (κ3) is 4.03. The number of aromatic nitrogens is 3. The van der Waals surface area contributed by atoms with E-state index in [2.05, 4.69) is 25.6 Å². The third-order valence-corrected chi connectivity index (χ3v) is 5.04. The van der Waals surface area contributed by atoms with E-state index >= 15 is 0 Å². The van der Waals surface area contributed by atoms with Crippen molar-refractivity contribution in [2.24, 2.45) is 0 Å². The minimum Gasteiger partial charge on any atom is -0.496 e. The van der Waals surface area contributed by atoms with Crippen LogP contribution in [-0.2, 0) is 0 Å². The molecule has 0 aliphatic carbocycles. The highest BCUT2D eigenvalue weighted by Gasteiger charge is 2.17. The quantitative estimate of drug-likeness (QED) is 0.376. The highest BCUT2D eigenvalue weighted by molar-refractivity contribution is 6.39. The number of hydrogen-bond donors (Lipinski definition) is 3. The molecule has 7 nitrogen and oxygen atoms in total. The van der Waals surface area contributed by atoms with E-state index in [9.17, 15) is 4.79 Å². The van der Waals surface area contributed by atoms with Gasteiger partial charge in [-0.3, -0.25) is 4.79 Å². The Morgan fingerprint density at radius 3 is 2.57 bits per heavy atom. The summed E-state index contributed by atoms with van der Waals surface area (Å²) in [6, 6.07) is 12.2. The van der Waals surface area contributed by atoms with Crippen LogP contribution in [0.3, 0.4) is 0 Å². The molecule has 0 aliphatic heterocycles. The molecule has 9 heteroatoms. The van der Waals surface area contributed by atoms with Gasteiger partial charge in [-0.1, -0.05) is 35.3 Å². The second-order valence-electron chi connectivity index (χ2n) is 6.55. The Hall–Kier alpha value is -3.29. The summed E-state index contributed by atoms with van der Waals surface area (Å²) in [5, 5.41) is 6.78. The van der Waals surface area contributed by atoms with Crippen molar-refractivity contribution in [3.05, 3.63) is 69.8 Å². The molecular weight excluding hydrogens is 425 g/mol. The van der Waals surface area contributed by atoms with Crippen molar-refractivity contribution in [1.82, 2.24) is 15.0 Å². The molecule has 0 fully saturated rings. The first-order valence-electron chi connectivity index (χ1n) is 8.97. The zero-order valence-electron chi connectivity index (χ0n) is 16.1. The van der Waals surface area contributed by atoms with Crippen LogP contribution >= 0.6 is 23.2 Å². The van der Waals surface area contributed by atoms with Gasteiger partial charge in [0.2, 0.25) is 5.95 Å². The van der Waals surface area contributed by atoms with E-state index in [4.69, 9.17) is 27.9 Å². The molecular formula is C21H17Cl2N5O2. The van der Waals surface area contributed by atoms with Crippen LogP contribution in [-0.4, -0.2) is 28.0 Å². The van der Waals surface area contributed by atoms with Crippen molar-refractivity contribution in [2.75, 3.05) is 17.7 Å². The van der Waals surface area contributed by atoms with Gasteiger partial charge in [0.25, 0.3) is 5.91 Å². The summed E-state index contributed by atoms with van der Waals surface area (Å²) in [5.41, 5.74) is 3.13. The van der Waals surface area contributed by atoms with Crippen molar-refractivity contribution >= 4 is 57.6 Å². The lowest BCUT2D eigenvalue weighted by atomic mass is 10.1. The summed E-state index contributed by atoms with van der Waals surface area (Å²) < 4.78 is 5.41. The maximum Gasteiger partial charge on any atom is 0.260 e. The SMILES string of the molecule is COc1cc2[nH]c(Nc3c(Cl)cccc3Cl)nc2cc1C(=O)Nc1ccc(C)cn1. The predicted octanol–water partition coefficient (Wildman–Crippen LogP) is 5.58. The average Bonchev–Trinajstić information content (AvgIpc) is 3.13. The molecule has 1 amide bonds. The number of rotatable bonds is 5. The Bertz CT molecular complexity index is 1220. The zero-order chi connectivity index (χ0) is 21.3. The molecule has 4 rings (SSSR count). The maximum absolute atomic E-state index is 12.8. The molecule has 2 aromatic heterocycles. The highest BCUT2D eigenvalue weighted by atomic mass is 35.5. The van der Waals surface area contributed by atoms with Gasteiger partial charge in [-0.15, -0.1) is 0 Å². The Morgan fingerprint density at radius 2 is 1.90 bits per heavy atom. The normalized spacial score (nSPS) is 10.8. The number of amides is 1. The van der Waals surface area contributed by atoms with Crippen molar-refractivity contribution in [3.63, 3.8) is 0 Å². The minimum absolute atomic E-state index is 0.334. The van der Waals surface area contributed by atoms with E-state index in [0.717, 1.165) is 5.56 Å². The number of ether oxygens (including phenoxy) is 1. The van der Waals surface area contributed by atoms with Crippen LogP contribution in [0.1, 0.15) is 15.9 Å². The number of carbonyl (C=O) groups is 1. The molecule has 0 radical (unpaired) electrons. The van der Waals surface area contributed by atoms with Crippen LogP contribution in [0, 0.1) is 6.92 Å². The zero-order valence-corrected chi connectivity index (χ0v) is 17.6. The number of pyridine rings is 1. The number of anilines is 3. The van der Waals surface area contributed by atoms with Crippen LogP contribution in [0.25, 0.3) is 11.0 Å². The first-order chi connectivity index (χ1) is 14.4. The summed E-state index contributed by atoms with van der Waals surface area (Å²) in [6.45, 7) is 1.93. The van der Waals surface area contributed by atoms with Gasteiger partial charge in [-0.05, 0) is 36.8 Å². The van der Waals surface area contributed by atoms with Gasteiger partial charge in [0.15, 0.2) is 0 Å². The minimum atomic E-state index is -0.350. The third-order valence-electron chi connectivity index (χ3n) is 4.41. The maximum atomic E-state index is 12.8. The first kappa shape index (κ1) is 20.0. The van der Waals surface area contributed by atoms with E-state index in [1.54, 1.807) is 42.6 Å². The lowest BCUT2D eigenvalue weighted by molar-refractivity contribution is 0.102. The lowest BCUT2D eigenvalue weighted by Crippen LogP contribution is -2.14. The number of para-hydroxylation sites is 1. The lowest BCUT2D eigenvalue weighted by Gasteiger charge is -2.09. The number of aryl methyl sites for hydroxylation is 1. The molecule has 3 N–H and O–H groups in total. The number of nitrogens with zero attached hydrogens (tertiary/aromatic N) is 2. The van der Waals surface area contributed by atoms with Gasteiger partial charge in [-0.25, -0.2) is 9.97 Å². The monoisotopic (exact) mass is 441 g/mol. The van der Waals surface area contributed by atoms with Crippen LogP contribution in [0.2, 0.25) is 10.0 Å². The van der Waals surface area contributed by atoms with Gasteiger partial charge in [-0.2, -0.15) is 0 Å². The average molecular weight is 442 g/mol. The van der Waals surface area contributed by atoms with Gasteiger partial charge < -0.3 is 20.4 Å². The Labute approximate surface area is 182 Å². The van der Waals surface area contributed by atoms with E-state index < -0.39 is 0 Å². The van der Waals surface area contributed by atoms with Crippen molar-refractivity contribution < 1.29 is 9.53 Å². The van der Waals surface area contributed by atoms with E-state index in [-0.39, 0.29) is 5.91 Å². The molecule has 2 aromatic carbocycles. The number of nitrogens with one attached hydrogen (secondary N) is 3. The second-order valence-corrected chi connectivity index (χ2v) is 7.37. The fourth-order valence-corrected chi connectivity index (χ4v) is 3.40. The number of imidazole rings is 1. The molecule has 0 spiro atoms. The number of benzene rings is 2. The van der Waals surface area contributed by atoms with Gasteiger partial charge in [0.05, 0.1) is 39.4 Å². The van der Waals surface area contributed by atoms with E-state index in [0.29, 0.717) is 49.8 Å². The van der Waals surface area contributed by atoms with Crippen molar-refractivity contribution in [2.45, 2.75) is 6.92 Å². The standard InChI is InChI=1S/C21H17Cl2N5O2/c1-11-6-7-18(24-10-11)27-20(29)12-8-15-16(9-17(12)30-2)26-21(25-15)28-19-13(22)4-3-5-14(19)23/h3-10H,1-2H3,(H,24,27,29)(H2,25,26,28). The fourth-order valence-electron chi connectivity index (χ4n) is 2.90. The summed E-state index contributed by atoms with van der Waals surface area (Å²) in [7, 11) is 1.50. The first-order valence-corrected chi connectivity index (χ1v) is 9.73. The highest BCUT2D eigenvalue weighted by Crippen LogP contribution is 2.33. The number of H-pyrrole nitrogens is 1. The van der Waals surface area contributed by atoms with Crippen molar-refractivity contribution in [3.8, 4) is 5.75 Å². The summed E-state index contributed by atoms with van der Waals surface area (Å²) in [4.78, 5) is 24.6. The molecule has 0 bridgehead atoms. The van der Waals surface area contributed by atoms with Gasteiger partial charge in [0.1, 0.15) is 11.6 Å². The number of fused-ring (bicyclic) bond motifs is 1. The second kappa shape index (κ2) is 8.22. The Morgan fingerprint density at radius 1 is 1.13 bits per heavy atom. The topological polar surface area (TPSA) is 91.9 Å². The fraction of sp³-hybridized carbons (Fsp3) is 0.0952. The summed E-state index contributed by atoms with van der Waals surface area (Å²) in [5.74, 6) is 0.931. The number of carbonyl (C=O) groups excluding carboxylic acids is 1. The molecule has 4 aromatic rings. The summed E-state index contributed by atoms with van der Waals surface area (Å²) in [6.07, 6.45) is 1.68. The van der Waals surface area contributed by atoms with Gasteiger partial charge >= 0.3 is 0 Å². The molecule has 0 atom stereocenters. The summed E-state index contributed by atoms with van der Waals surface area (Å²) >= 11 is 12.4. The Kier molecular flexibility index (Phi) is 5.48. The molecule has 30 heavy (non-hydrogen) atoms. The molecule has 2 heterocycles. The molecule has 152 valence electrons. The molecule has 0 unspecified atom stereocenters. The van der Waals surface area contributed by atoms with E-state index in [1.807, 2.05) is 13.0 Å². The molecule has 0 saturated heterocycles. The number of halogens is 2.